The SMILES string of the molecule is O=C(c1ccc2c(c1)CCCC2)N1CCC(c2c[nH]c3ccccc23)CC1. The Morgan fingerprint density at radius 1 is 0.963 bits per heavy atom. The number of piperidine rings is 1. The fourth-order valence-electron chi connectivity index (χ4n) is 4.87. The van der Waals surface area contributed by atoms with Crippen molar-refractivity contribution in [3.05, 3.63) is 70.9 Å². The minimum atomic E-state index is 0.209. The van der Waals surface area contributed by atoms with Crippen LogP contribution in [0.3, 0.4) is 0 Å². The fourth-order valence-corrected chi connectivity index (χ4v) is 4.87. The molecule has 0 unspecified atom stereocenters. The summed E-state index contributed by atoms with van der Waals surface area (Å²) >= 11 is 0. The first-order valence-corrected chi connectivity index (χ1v) is 10.3. The smallest absolute Gasteiger partial charge is 0.253 e. The summed E-state index contributed by atoms with van der Waals surface area (Å²) in [5.41, 5.74) is 6.32. The van der Waals surface area contributed by atoms with Crippen LogP contribution in [0.15, 0.2) is 48.7 Å². The van der Waals surface area contributed by atoms with Crippen molar-refractivity contribution in [3.8, 4) is 0 Å². The summed E-state index contributed by atoms with van der Waals surface area (Å²) in [6.45, 7) is 1.69. The third-order valence-corrected chi connectivity index (χ3v) is 6.44. The number of benzene rings is 2. The van der Waals surface area contributed by atoms with Crippen molar-refractivity contribution in [1.29, 1.82) is 0 Å². The van der Waals surface area contributed by atoms with E-state index in [4.69, 9.17) is 0 Å². The summed E-state index contributed by atoms with van der Waals surface area (Å²) in [6.07, 6.45) is 9.06. The maximum atomic E-state index is 13.0. The third-order valence-electron chi connectivity index (χ3n) is 6.44. The Balaban J connectivity index is 1.29. The minimum absolute atomic E-state index is 0.209. The van der Waals surface area contributed by atoms with Crippen molar-refractivity contribution >= 4 is 16.8 Å². The number of para-hydroxylation sites is 1. The van der Waals surface area contributed by atoms with Crippen molar-refractivity contribution in [2.45, 2.75) is 44.4 Å². The molecule has 0 radical (unpaired) electrons. The standard InChI is InChI=1S/C24H26N2O/c27-24(20-10-9-17-5-1-2-6-19(17)15-20)26-13-11-18(12-14-26)22-16-25-23-8-4-3-7-21(22)23/h3-4,7-10,15-16,18,25H,1-2,5-6,11-14H2. The van der Waals surface area contributed by atoms with Crippen molar-refractivity contribution in [2.75, 3.05) is 13.1 Å². The third kappa shape index (κ3) is 3.05. The Kier molecular flexibility index (Phi) is 4.23. The van der Waals surface area contributed by atoms with Gasteiger partial charge in [0.15, 0.2) is 0 Å². The highest BCUT2D eigenvalue weighted by Gasteiger charge is 2.26. The van der Waals surface area contributed by atoms with E-state index < -0.39 is 0 Å². The molecule has 3 aromatic rings. The lowest BCUT2D eigenvalue weighted by Gasteiger charge is -2.32. The van der Waals surface area contributed by atoms with Crippen LogP contribution in [0.25, 0.3) is 10.9 Å². The average molecular weight is 358 g/mol. The number of fused-ring (bicyclic) bond motifs is 2. The van der Waals surface area contributed by atoms with E-state index in [2.05, 4.69) is 52.5 Å². The largest absolute Gasteiger partial charge is 0.361 e. The van der Waals surface area contributed by atoms with Crippen LogP contribution >= 0.6 is 0 Å². The molecule has 5 rings (SSSR count). The lowest BCUT2D eigenvalue weighted by molar-refractivity contribution is 0.0713. The first-order chi connectivity index (χ1) is 13.3. The number of carbonyl (C=O) groups excluding carboxylic acids is 1. The second-order valence-corrected chi connectivity index (χ2v) is 8.05. The van der Waals surface area contributed by atoms with Crippen molar-refractivity contribution in [1.82, 2.24) is 9.88 Å². The van der Waals surface area contributed by atoms with Gasteiger partial charge in [-0.25, -0.2) is 0 Å². The molecule has 1 aliphatic heterocycles. The number of nitrogens with one attached hydrogen (secondary N) is 1. The molecule has 2 heterocycles. The van der Waals surface area contributed by atoms with Crippen molar-refractivity contribution < 1.29 is 4.79 Å². The van der Waals surface area contributed by atoms with Gasteiger partial charge in [-0.2, -0.15) is 0 Å². The molecule has 1 aliphatic carbocycles. The van der Waals surface area contributed by atoms with Crippen LogP contribution in [0.2, 0.25) is 0 Å². The molecule has 0 spiro atoms. The molecule has 0 saturated carbocycles. The predicted molar refractivity (Wildman–Crippen MR) is 109 cm³/mol. The molecule has 1 saturated heterocycles. The number of aromatic nitrogens is 1. The molecule has 1 amide bonds. The van der Waals surface area contributed by atoms with E-state index in [0.717, 1.165) is 37.9 Å². The Bertz CT molecular complexity index is 979. The van der Waals surface area contributed by atoms with Gasteiger partial charge in [-0.15, -0.1) is 0 Å². The van der Waals surface area contributed by atoms with Gasteiger partial charge in [-0.1, -0.05) is 24.3 Å². The number of likely N-dealkylation sites (tertiary alicyclic amines) is 1. The number of hydrogen-bond donors (Lipinski definition) is 1. The maximum Gasteiger partial charge on any atom is 0.253 e. The van der Waals surface area contributed by atoms with Gasteiger partial charge in [0.2, 0.25) is 0 Å². The normalized spacial score (nSPS) is 17.9. The molecule has 2 aliphatic rings. The summed E-state index contributed by atoms with van der Waals surface area (Å²) in [7, 11) is 0. The van der Waals surface area contributed by atoms with Gasteiger partial charge in [0, 0.05) is 35.8 Å². The first kappa shape index (κ1) is 16.6. The lowest BCUT2D eigenvalue weighted by Crippen LogP contribution is -2.38. The highest BCUT2D eigenvalue weighted by Crippen LogP contribution is 2.33. The highest BCUT2D eigenvalue weighted by atomic mass is 16.2. The van der Waals surface area contributed by atoms with Crippen LogP contribution in [0.1, 0.15) is 58.6 Å². The number of nitrogens with zero attached hydrogens (tertiary/aromatic N) is 1. The van der Waals surface area contributed by atoms with Crippen LogP contribution in [-0.2, 0) is 12.8 Å². The highest BCUT2D eigenvalue weighted by molar-refractivity contribution is 5.94. The minimum Gasteiger partial charge on any atom is -0.361 e. The molecule has 0 atom stereocenters. The average Bonchev–Trinajstić information content (AvgIpc) is 3.17. The van der Waals surface area contributed by atoms with Crippen LogP contribution in [0.5, 0.6) is 0 Å². The van der Waals surface area contributed by atoms with E-state index in [0.29, 0.717) is 5.92 Å². The van der Waals surface area contributed by atoms with Crippen molar-refractivity contribution in [2.24, 2.45) is 0 Å². The van der Waals surface area contributed by atoms with Gasteiger partial charge < -0.3 is 9.88 Å². The van der Waals surface area contributed by atoms with E-state index >= 15 is 0 Å². The van der Waals surface area contributed by atoms with Crippen LogP contribution in [0.4, 0.5) is 0 Å². The van der Waals surface area contributed by atoms with Crippen LogP contribution < -0.4 is 0 Å². The lowest BCUT2D eigenvalue weighted by atomic mass is 9.88. The zero-order valence-electron chi connectivity index (χ0n) is 15.7. The molecule has 2 aromatic carbocycles. The molecule has 0 bridgehead atoms. The molecule has 1 N–H and O–H groups in total. The molecule has 3 nitrogen and oxygen atoms in total. The van der Waals surface area contributed by atoms with Gasteiger partial charge in [0.1, 0.15) is 0 Å². The number of carbonyl (C=O) groups is 1. The number of aromatic amines is 1. The zero-order chi connectivity index (χ0) is 18.2. The summed E-state index contributed by atoms with van der Waals surface area (Å²) in [5, 5.41) is 1.33. The Morgan fingerprint density at radius 2 is 1.74 bits per heavy atom. The molecular weight excluding hydrogens is 332 g/mol. The number of amides is 1. The summed E-state index contributed by atoms with van der Waals surface area (Å²) < 4.78 is 0. The van der Waals surface area contributed by atoms with Gasteiger partial charge >= 0.3 is 0 Å². The first-order valence-electron chi connectivity index (χ1n) is 10.3. The second-order valence-electron chi connectivity index (χ2n) is 8.05. The summed E-state index contributed by atoms with van der Waals surface area (Å²) in [6, 6.07) is 14.9. The molecular formula is C24H26N2O. The summed E-state index contributed by atoms with van der Waals surface area (Å²) in [5.74, 6) is 0.745. The molecule has 1 fully saturated rings. The van der Waals surface area contributed by atoms with E-state index in [1.165, 1.54) is 46.9 Å². The van der Waals surface area contributed by atoms with E-state index in [1.807, 2.05) is 6.07 Å². The Labute approximate surface area is 160 Å². The van der Waals surface area contributed by atoms with Crippen LogP contribution in [-0.4, -0.2) is 28.9 Å². The molecule has 27 heavy (non-hydrogen) atoms. The quantitative estimate of drug-likeness (QED) is 0.682. The number of rotatable bonds is 2. The Morgan fingerprint density at radius 3 is 2.59 bits per heavy atom. The fraction of sp³-hybridized carbons (Fsp3) is 0.375. The molecule has 138 valence electrons. The monoisotopic (exact) mass is 358 g/mol. The van der Waals surface area contributed by atoms with Crippen molar-refractivity contribution in [3.63, 3.8) is 0 Å². The van der Waals surface area contributed by atoms with Gasteiger partial charge in [-0.05, 0) is 79.3 Å². The second kappa shape index (κ2) is 6.88. The maximum absolute atomic E-state index is 13.0. The topological polar surface area (TPSA) is 36.1 Å². The zero-order valence-corrected chi connectivity index (χ0v) is 15.7. The predicted octanol–water partition coefficient (Wildman–Crippen LogP) is 5.07. The van der Waals surface area contributed by atoms with E-state index in [1.54, 1.807) is 0 Å². The summed E-state index contributed by atoms with van der Waals surface area (Å²) in [4.78, 5) is 18.5. The molecule has 3 heteroatoms. The number of aryl methyl sites for hydroxylation is 2. The van der Waals surface area contributed by atoms with Gasteiger partial charge in [0.25, 0.3) is 5.91 Å². The van der Waals surface area contributed by atoms with Gasteiger partial charge in [0.05, 0.1) is 0 Å². The Hall–Kier alpha value is -2.55. The van der Waals surface area contributed by atoms with E-state index in [-0.39, 0.29) is 5.91 Å². The number of hydrogen-bond acceptors (Lipinski definition) is 1. The molecule has 1 aromatic heterocycles. The van der Waals surface area contributed by atoms with Crippen LogP contribution in [0, 0.1) is 0 Å². The van der Waals surface area contributed by atoms with Gasteiger partial charge in [-0.3, -0.25) is 4.79 Å². The number of H-pyrrole nitrogens is 1. The van der Waals surface area contributed by atoms with E-state index in [9.17, 15) is 4.79 Å².